The van der Waals surface area contributed by atoms with Gasteiger partial charge in [-0.15, -0.1) is 0 Å². The summed E-state index contributed by atoms with van der Waals surface area (Å²) >= 11 is 9.59. The average molecular weight is 371 g/mol. The number of hydrogen-bond donors (Lipinski definition) is 1. The molecular formula is C15H13BrClNO3. The van der Waals surface area contributed by atoms with Crippen molar-refractivity contribution in [2.24, 2.45) is 0 Å². The molecule has 0 fully saturated rings. The number of rotatable bonds is 4. The fourth-order valence-electron chi connectivity index (χ4n) is 2.12. The van der Waals surface area contributed by atoms with Gasteiger partial charge in [-0.2, -0.15) is 0 Å². The van der Waals surface area contributed by atoms with Gasteiger partial charge in [-0.3, -0.25) is 0 Å². The van der Waals surface area contributed by atoms with Crippen molar-refractivity contribution in [2.45, 2.75) is 6.54 Å². The third-order valence-corrected chi connectivity index (χ3v) is 3.95. The Morgan fingerprint density at radius 3 is 2.95 bits per heavy atom. The van der Waals surface area contributed by atoms with Crippen LogP contribution >= 0.6 is 27.5 Å². The molecular weight excluding hydrogens is 358 g/mol. The van der Waals surface area contributed by atoms with Gasteiger partial charge in [-0.25, -0.2) is 0 Å². The van der Waals surface area contributed by atoms with Gasteiger partial charge in [-0.05, 0) is 35.9 Å². The van der Waals surface area contributed by atoms with E-state index >= 15 is 0 Å². The van der Waals surface area contributed by atoms with Crippen LogP contribution in [0.2, 0.25) is 5.02 Å². The average Bonchev–Trinajstić information content (AvgIpc) is 2.95. The zero-order valence-corrected chi connectivity index (χ0v) is 13.6. The summed E-state index contributed by atoms with van der Waals surface area (Å²) in [4.78, 5) is 0. The third kappa shape index (κ3) is 3.04. The summed E-state index contributed by atoms with van der Waals surface area (Å²) in [7, 11) is 1.61. The molecule has 0 spiro atoms. The van der Waals surface area contributed by atoms with Gasteiger partial charge in [0.1, 0.15) is 0 Å². The van der Waals surface area contributed by atoms with E-state index in [1.165, 1.54) is 0 Å². The molecule has 110 valence electrons. The van der Waals surface area contributed by atoms with Gasteiger partial charge in [0.2, 0.25) is 12.5 Å². The number of methoxy groups -OCH3 is 1. The lowest BCUT2D eigenvalue weighted by atomic mass is 10.1. The standard InChI is InChI=1S/C15H13BrClNO3/c1-19-13-4-9(5-14-15(13)21-8-20-14)7-18-12-6-10(16)2-3-11(12)17/h2-6,18H,7-8H2,1H3. The summed E-state index contributed by atoms with van der Waals surface area (Å²) in [5.41, 5.74) is 1.88. The first kappa shape index (κ1) is 14.4. The lowest BCUT2D eigenvalue weighted by molar-refractivity contribution is 0.171. The van der Waals surface area contributed by atoms with Gasteiger partial charge < -0.3 is 19.5 Å². The molecule has 4 nitrogen and oxygen atoms in total. The molecule has 6 heteroatoms. The normalized spacial score (nSPS) is 12.3. The SMILES string of the molecule is COc1cc(CNc2cc(Br)ccc2Cl)cc2c1OCO2. The van der Waals surface area contributed by atoms with Gasteiger partial charge in [-0.1, -0.05) is 27.5 Å². The number of ether oxygens (including phenoxy) is 3. The first-order valence-corrected chi connectivity index (χ1v) is 7.50. The second-order valence-electron chi connectivity index (χ2n) is 4.51. The van der Waals surface area contributed by atoms with E-state index in [0.717, 1.165) is 15.7 Å². The van der Waals surface area contributed by atoms with E-state index in [0.29, 0.717) is 28.8 Å². The molecule has 21 heavy (non-hydrogen) atoms. The molecule has 0 atom stereocenters. The zero-order chi connectivity index (χ0) is 14.8. The third-order valence-electron chi connectivity index (χ3n) is 3.13. The number of benzene rings is 2. The van der Waals surface area contributed by atoms with Crippen LogP contribution in [0.25, 0.3) is 0 Å². The van der Waals surface area contributed by atoms with Crippen molar-refractivity contribution < 1.29 is 14.2 Å². The summed E-state index contributed by atoms with van der Waals surface area (Å²) in [6, 6.07) is 9.54. The Kier molecular flexibility index (Phi) is 4.12. The Morgan fingerprint density at radius 2 is 2.14 bits per heavy atom. The predicted molar refractivity (Wildman–Crippen MR) is 85.6 cm³/mol. The maximum atomic E-state index is 6.16. The zero-order valence-electron chi connectivity index (χ0n) is 11.3. The predicted octanol–water partition coefficient (Wildman–Crippen LogP) is 4.45. The maximum Gasteiger partial charge on any atom is 0.231 e. The van der Waals surface area contributed by atoms with Crippen LogP contribution in [-0.2, 0) is 6.54 Å². The van der Waals surface area contributed by atoms with Crippen LogP contribution in [-0.4, -0.2) is 13.9 Å². The molecule has 1 aliphatic rings. The van der Waals surface area contributed by atoms with Gasteiger partial charge in [0, 0.05) is 11.0 Å². The first-order valence-electron chi connectivity index (χ1n) is 6.33. The van der Waals surface area contributed by atoms with Crippen molar-refractivity contribution in [2.75, 3.05) is 19.2 Å². The molecule has 1 N–H and O–H groups in total. The van der Waals surface area contributed by atoms with Crippen LogP contribution in [0.15, 0.2) is 34.8 Å². The largest absolute Gasteiger partial charge is 0.493 e. The van der Waals surface area contributed by atoms with Crippen LogP contribution in [0.3, 0.4) is 0 Å². The highest BCUT2D eigenvalue weighted by Gasteiger charge is 2.20. The van der Waals surface area contributed by atoms with Crippen molar-refractivity contribution >= 4 is 33.2 Å². The Hall–Kier alpha value is -1.59. The van der Waals surface area contributed by atoms with Crippen LogP contribution in [0.4, 0.5) is 5.69 Å². The molecule has 0 amide bonds. The van der Waals surface area contributed by atoms with Crippen LogP contribution < -0.4 is 19.5 Å². The summed E-state index contributed by atoms with van der Waals surface area (Å²) < 4.78 is 17.1. The van der Waals surface area contributed by atoms with Crippen molar-refractivity contribution in [3.8, 4) is 17.2 Å². The minimum atomic E-state index is 0.222. The Balaban J connectivity index is 1.81. The molecule has 0 saturated carbocycles. The van der Waals surface area contributed by atoms with E-state index in [-0.39, 0.29) is 6.79 Å². The lowest BCUT2D eigenvalue weighted by Gasteiger charge is -2.11. The van der Waals surface area contributed by atoms with E-state index < -0.39 is 0 Å². The number of anilines is 1. The van der Waals surface area contributed by atoms with E-state index in [1.807, 2.05) is 30.3 Å². The van der Waals surface area contributed by atoms with Gasteiger partial charge in [0.15, 0.2) is 11.5 Å². The number of nitrogens with one attached hydrogen (secondary N) is 1. The maximum absolute atomic E-state index is 6.16. The van der Waals surface area contributed by atoms with Crippen LogP contribution in [0, 0.1) is 0 Å². The molecule has 2 aromatic carbocycles. The van der Waals surface area contributed by atoms with Gasteiger partial charge in [0.05, 0.1) is 17.8 Å². The van der Waals surface area contributed by atoms with E-state index in [2.05, 4.69) is 21.2 Å². The molecule has 0 radical (unpaired) electrons. The highest BCUT2D eigenvalue weighted by atomic mass is 79.9. The Bertz CT molecular complexity index is 678. The smallest absolute Gasteiger partial charge is 0.231 e. The second kappa shape index (κ2) is 6.03. The van der Waals surface area contributed by atoms with Crippen molar-refractivity contribution in [1.29, 1.82) is 0 Å². The number of fused-ring (bicyclic) bond motifs is 1. The fraction of sp³-hybridized carbons (Fsp3) is 0.200. The molecule has 0 aliphatic carbocycles. The highest BCUT2D eigenvalue weighted by molar-refractivity contribution is 9.10. The first-order chi connectivity index (χ1) is 10.2. The molecule has 2 aromatic rings. The Morgan fingerprint density at radius 1 is 1.29 bits per heavy atom. The van der Waals surface area contributed by atoms with E-state index in [1.54, 1.807) is 7.11 Å². The highest BCUT2D eigenvalue weighted by Crippen LogP contribution is 2.42. The molecule has 0 aromatic heterocycles. The second-order valence-corrected chi connectivity index (χ2v) is 5.83. The number of halogens is 2. The Labute approximate surface area is 136 Å². The van der Waals surface area contributed by atoms with Crippen LogP contribution in [0.1, 0.15) is 5.56 Å². The summed E-state index contributed by atoms with van der Waals surface area (Å²) in [5, 5.41) is 3.97. The molecule has 1 aliphatic heterocycles. The summed E-state index contributed by atoms with van der Waals surface area (Å²) in [5.74, 6) is 2.02. The molecule has 3 rings (SSSR count). The molecule has 0 saturated heterocycles. The van der Waals surface area contributed by atoms with Gasteiger partial charge >= 0.3 is 0 Å². The van der Waals surface area contributed by atoms with Crippen molar-refractivity contribution in [1.82, 2.24) is 0 Å². The van der Waals surface area contributed by atoms with Crippen molar-refractivity contribution in [3.63, 3.8) is 0 Å². The van der Waals surface area contributed by atoms with E-state index in [9.17, 15) is 0 Å². The molecule has 0 bridgehead atoms. The monoisotopic (exact) mass is 369 g/mol. The minimum Gasteiger partial charge on any atom is -0.493 e. The summed E-state index contributed by atoms with van der Waals surface area (Å²) in [6.07, 6.45) is 0. The fourth-order valence-corrected chi connectivity index (χ4v) is 2.66. The molecule has 1 heterocycles. The summed E-state index contributed by atoms with van der Waals surface area (Å²) in [6.45, 7) is 0.823. The minimum absolute atomic E-state index is 0.222. The lowest BCUT2D eigenvalue weighted by Crippen LogP contribution is -2.00. The van der Waals surface area contributed by atoms with Crippen molar-refractivity contribution in [3.05, 3.63) is 45.4 Å². The topological polar surface area (TPSA) is 39.7 Å². The number of hydrogen-bond acceptors (Lipinski definition) is 4. The van der Waals surface area contributed by atoms with Gasteiger partial charge in [0.25, 0.3) is 0 Å². The van der Waals surface area contributed by atoms with E-state index in [4.69, 9.17) is 25.8 Å². The van der Waals surface area contributed by atoms with Crippen LogP contribution in [0.5, 0.6) is 17.2 Å². The molecule has 0 unspecified atom stereocenters. The quantitative estimate of drug-likeness (QED) is 0.863.